The third-order valence-corrected chi connectivity index (χ3v) is 6.80. The highest BCUT2D eigenvalue weighted by Gasteiger charge is 2.42. The van der Waals surface area contributed by atoms with Gasteiger partial charge >= 0.3 is 8.80 Å². The molecule has 6 nitrogen and oxygen atoms in total. The van der Waals surface area contributed by atoms with Gasteiger partial charge in [0.15, 0.2) is 0 Å². The van der Waals surface area contributed by atoms with Gasteiger partial charge < -0.3 is 29.2 Å². The highest BCUT2D eigenvalue weighted by Crippen LogP contribution is 2.29. The second-order valence-corrected chi connectivity index (χ2v) is 9.35. The zero-order valence-corrected chi connectivity index (χ0v) is 15.6. The van der Waals surface area contributed by atoms with Crippen molar-refractivity contribution in [1.82, 2.24) is 0 Å². The second-order valence-electron chi connectivity index (χ2n) is 6.43. The summed E-state index contributed by atoms with van der Waals surface area (Å²) in [6, 6.07) is 0.707. The molecule has 0 amide bonds. The molecule has 22 heavy (non-hydrogen) atoms. The van der Waals surface area contributed by atoms with Crippen LogP contribution in [0.5, 0.6) is 0 Å². The quantitative estimate of drug-likeness (QED) is 0.416. The molecular weight excluding hydrogens is 302 g/mol. The summed E-state index contributed by atoms with van der Waals surface area (Å²) in [6.07, 6.45) is 3.61. The number of aliphatic hydroxyl groups excluding tert-OH is 2. The van der Waals surface area contributed by atoms with Crippen LogP contribution < -0.4 is 5.73 Å². The maximum atomic E-state index is 9.03. The monoisotopic (exact) mass is 337 g/mol. The first-order chi connectivity index (χ1) is 10.4. The van der Waals surface area contributed by atoms with Gasteiger partial charge in [-0.2, -0.15) is 0 Å². The van der Waals surface area contributed by atoms with Crippen molar-refractivity contribution in [3.05, 3.63) is 0 Å². The highest BCUT2D eigenvalue weighted by atomic mass is 28.4. The average Bonchev–Trinajstić information content (AvgIpc) is 2.53. The summed E-state index contributed by atoms with van der Waals surface area (Å²) in [5.74, 6) is 0. The van der Waals surface area contributed by atoms with E-state index in [0.717, 1.165) is 19.3 Å². The van der Waals surface area contributed by atoms with E-state index in [0.29, 0.717) is 25.4 Å². The van der Waals surface area contributed by atoms with E-state index in [1.165, 1.54) is 0 Å². The Morgan fingerprint density at radius 2 is 1.55 bits per heavy atom. The van der Waals surface area contributed by atoms with Crippen molar-refractivity contribution in [3.63, 3.8) is 0 Å². The Hall–Kier alpha value is -0.0231. The molecule has 0 aliphatic rings. The number of nitrogens with two attached hydrogens (primary N) is 1. The van der Waals surface area contributed by atoms with E-state index in [1.807, 2.05) is 0 Å². The summed E-state index contributed by atoms with van der Waals surface area (Å²) in [7, 11) is 0.499. The molecule has 0 unspecified atom stereocenters. The molecule has 0 aliphatic carbocycles. The van der Waals surface area contributed by atoms with E-state index in [-0.39, 0.29) is 24.7 Å². The van der Waals surface area contributed by atoms with Crippen LogP contribution in [0.2, 0.25) is 6.04 Å². The van der Waals surface area contributed by atoms with Crippen LogP contribution in [0.25, 0.3) is 0 Å². The predicted molar refractivity (Wildman–Crippen MR) is 89.5 cm³/mol. The van der Waals surface area contributed by atoms with Crippen molar-refractivity contribution in [2.75, 3.05) is 34.0 Å². The van der Waals surface area contributed by atoms with Crippen LogP contribution in [-0.4, -0.2) is 59.1 Å². The SMILES string of the molecule is CO[Si](CCC(C)(C)CN)(OC)OC(CCCO)CCCO. The van der Waals surface area contributed by atoms with Gasteiger partial charge in [0.05, 0.1) is 0 Å². The maximum Gasteiger partial charge on any atom is 0.500 e. The summed E-state index contributed by atoms with van der Waals surface area (Å²) in [6.45, 7) is 5.10. The number of aliphatic hydroxyl groups is 2. The molecule has 4 N–H and O–H groups in total. The third kappa shape index (κ3) is 8.57. The van der Waals surface area contributed by atoms with E-state index in [2.05, 4.69) is 13.8 Å². The molecule has 0 saturated carbocycles. The van der Waals surface area contributed by atoms with Gasteiger partial charge in [0.1, 0.15) is 0 Å². The molecule has 0 spiro atoms. The lowest BCUT2D eigenvalue weighted by Crippen LogP contribution is -2.47. The predicted octanol–water partition coefficient (Wildman–Crippen LogP) is 1.52. The molecule has 134 valence electrons. The van der Waals surface area contributed by atoms with Crippen molar-refractivity contribution < 1.29 is 23.5 Å². The third-order valence-electron chi connectivity index (χ3n) is 4.00. The molecule has 0 aromatic rings. The van der Waals surface area contributed by atoms with Crippen LogP contribution in [-0.2, 0) is 13.3 Å². The van der Waals surface area contributed by atoms with E-state index < -0.39 is 8.80 Å². The standard InChI is InChI=1S/C15H35NO5Si/c1-15(2,13-16)9-12-22(19-3,20-4)21-14(7-5-10-17)8-6-11-18/h14,17-18H,5-13,16H2,1-4H3. The highest BCUT2D eigenvalue weighted by molar-refractivity contribution is 6.60. The van der Waals surface area contributed by atoms with Crippen LogP contribution in [0.3, 0.4) is 0 Å². The Labute approximate surface area is 136 Å². The Morgan fingerprint density at radius 1 is 1.05 bits per heavy atom. The van der Waals surface area contributed by atoms with Gasteiger partial charge in [-0.25, -0.2) is 0 Å². The molecule has 0 atom stereocenters. The summed E-state index contributed by atoms with van der Waals surface area (Å²) in [5.41, 5.74) is 5.81. The van der Waals surface area contributed by atoms with Crippen LogP contribution in [0, 0.1) is 5.41 Å². The molecule has 0 aromatic heterocycles. The van der Waals surface area contributed by atoms with Gasteiger partial charge in [0.25, 0.3) is 0 Å². The van der Waals surface area contributed by atoms with E-state index in [9.17, 15) is 0 Å². The molecule has 0 aromatic carbocycles. The lowest BCUT2D eigenvalue weighted by molar-refractivity contribution is 0.0385. The minimum absolute atomic E-state index is 0.0182. The molecule has 0 aliphatic heterocycles. The fourth-order valence-electron chi connectivity index (χ4n) is 2.19. The first-order valence-electron chi connectivity index (χ1n) is 8.08. The van der Waals surface area contributed by atoms with E-state index in [4.69, 9.17) is 29.2 Å². The summed E-state index contributed by atoms with van der Waals surface area (Å²) < 4.78 is 17.5. The van der Waals surface area contributed by atoms with Crippen molar-refractivity contribution >= 4 is 8.80 Å². The smallest absolute Gasteiger partial charge is 0.396 e. The minimum atomic E-state index is -2.75. The number of rotatable bonds is 14. The van der Waals surface area contributed by atoms with Crippen molar-refractivity contribution in [3.8, 4) is 0 Å². The molecular formula is C15H35NO5Si. The molecule has 0 rings (SSSR count). The number of hydrogen-bond acceptors (Lipinski definition) is 6. The Balaban J connectivity index is 4.77. The second kappa shape index (κ2) is 11.5. The first kappa shape index (κ1) is 22.0. The summed E-state index contributed by atoms with van der Waals surface area (Å²) in [4.78, 5) is 0. The average molecular weight is 338 g/mol. The van der Waals surface area contributed by atoms with Gasteiger partial charge in [0, 0.05) is 39.6 Å². The van der Waals surface area contributed by atoms with Crippen molar-refractivity contribution in [2.24, 2.45) is 11.1 Å². The van der Waals surface area contributed by atoms with Gasteiger partial charge in [-0.1, -0.05) is 13.8 Å². The largest absolute Gasteiger partial charge is 0.500 e. The zero-order valence-electron chi connectivity index (χ0n) is 14.6. The van der Waals surface area contributed by atoms with Gasteiger partial charge in [-0.3, -0.25) is 0 Å². The topological polar surface area (TPSA) is 94.2 Å². The van der Waals surface area contributed by atoms with Crippen LogP contribution in [0.4, 0.5) is 0 Å². The fraction of sp³-hybridized carbons (Fsp3) is 1.00. The van der Waals surface area contributed by atoms with Crippen LogP contribution in [0.1, 0.15) is 46.0 Å². The van der Waals surface area contributed by atoms with E-state index >= 15 is 0 Å². The van der Waals surface area contributed by atoms with E-state index in [1.54, 1.807) is 14.2 Å². The molecule has 7 heteroatoms. The van der Waals surface area contributed by atoms with Crippen molar-refractivity contribution in [1.29, 1.82) is 0 Å². The van der Waals surface area contributed by atoms with Crippen LogP contribution >= 0.6 is 0 Å². The van der Waals surface area contributed by atoms with Gasteiger partial charge in [-0.05, 0) is 44.1 Å². The normalized spacial score (nSPS) is 13.1. The summed E-state index contributed by atoms with van der Waals surface area (Å²) in [5, 5.41) is 18.1. The first-order valence-corrected chi connectivity index (χ1v) is 10.0. The Kier molecular flexibility index (Phi) is 11.5. The maximum absolute atomic E-state index is 9.03. The van der Waals surface area contributed by atoms with Crippen LogP contribution in [0.15, 0.2) is 0 Å². The Morgan fingerprint density at radius 3 is 1.91 bits per heavy atom. The molecule has 0 heterocycles. The molecule has 0 saturated heterocycles. The number of hydrogen-bond donors (Lipinski definition) is 3. The zero-order chi connectivity index (χ0) is 17.1. The molecule has 0 radical (unpaired) electrons. The van der Waals surface area contributed by atoms with Crippen molar-refractivity contribution in [2.45, 2.75) is 58.1 Å². The molecule has 0 bridgehead atoms. The Bertz CT molecular complexity index is 267. The molecule has 0 fully saturated rings. The van der Waals surface area contributed by atoms with Gasteiger partial charge in [-0.15, -0.1) is 0 Å². The lowest BCUT2D eigenvalue weighted by atomic mass is 9.91. The lowest BCUT2D eigenvalue weighted by Gasteiger charge is -2.33. The minimum Gasteiger partial charge on any atom is -0.396 e. The summed E-state index contributed by atoms with van der Waals surface area (Å²) >= 11 is 0. The van der Waals surface area contributed by atoms with Gasteiger partial charge in [0.2, 0.25) is 0 Å². The fourth-order valence-corrected chi connectivity index (χ4v) is 4.80.